The van der Waals surface area contributed by atoms with Crippen molar-refractivity contribution in [2.75, 3.05) is 5.32 Å². The topological polar surface area (TPSA) is 12.0 Å². The van der Waals surface area contributed by atoms with E-state index in [-0.39, 0.29) is 5.41 Å². The normalized spacial score (nSPS) is 20.6. The van der Waals surface area contributed by atoms with Crippen LogP contribution < -0.4 is 5.32 Å². The number of hydrogen-bond acceptors (Lipinski definition) is 1. The Morgan fingerprint density at radius 1 is 1.10 bits per heavy atom. The maximum absolute atomic E-state index is 4.17. The molecule has 4 rings (SSSR count). The van der Waals surface area contributed by atoms with Gasteiger partial charge in [-0.15, -0.1) is 0 Å². The van der Waals surface area contributed by atoms with Crippen LogP contribution in [0, 0.1) is 12.8 Å². The number of rotatable bonds is 4. The predicted molar refractivity (Wildman–Crippen MR) is 131 cm³/mol. The number of allylic oxidation sites excluding steroid dienone is 6. The third-order valence-electron chi connectivity index (χ3n) is 6.87. The van der Waals surface area contributed by atoms with E-state index in [2.05, 4.69) is 102 Å². The van der Waals surface area contributed by atoms with Crippen molar-refractivity contribution in [3.8, 4) is 0 Å². The average Bonchev–Trinajstić information content (AvgIpc) is 2.98. The van der Waals surface area contributed by atoms with Gasteiger partial charge >= 0.3 is 0 Å². The molecule has 2 aromatic carbocycles. The molecule has 2 aliphatic rings. The Kier molecular flexibility index (Phi) is 5.10. The maximum atomic E-state index is 4.17. The molecule has 1 nitrogen and oxygen atoms in total. The SMILES string of the molecule is C=CC1=C(C=C(C)C)C2(C(C)=C(C(C)CC)c3ccccc32)c2cc(C)ccc2N1. The molecular weight excluding hydrogens is 362 g/mol. The van der Waals surface area contributed by atoms with E-state index in [1.165, 1.54) is 50.2 Å². The molecular formula is C29H33N. The van der Waals surface area contributed by atoms with Gasteiger partial charge in [0, 0.05) is 11.4 Å². The summed E-state index contributed by atoms with van der Waals surface area (Å²) in [5.41, 5.74) is 13.0. The van der Waals surface area contributed by atoms with E-state index in [9.17, 15) is 0 Å². The molecule has 0 radical (unpaired) electrons. The Labute approximate surface area is 181 Å². The lowest BCUT2D eigenvalue weighted by atomic mass is 9.63. The van der Waals surface area contributed by atoms with E-state index in [0.29, 0.717) is 5.92 Å². The van der Waals surface area contributed by atoms with Gasteiger partial charge in [-0.3, -0.25) is 0 Å². The fourth-order valence-corrected chi connectivity index (χ4v) is 5.46. The maximum Gasteiger partial charge on any atom is 0.0711 e. The molecule has 30 heavy (non-hydrogen) atoms. The van der Waals surface area contributed by atoms with Crippen LogP contribution >= 0.6 is 0 Å². The fraction of sp³-hybridized carbons (Fsp3) is 0.310. The van der Waals surface area contributed by atoms with Crippen LogP contribution in [0.4, 0.5) is 5.69 Å². The molecule has 0 bridgehead atoms. The van der Waals surface area contributed by atoms with Crippen LogP contribution in [0.15, 0.2) is 83.6 Å². The Bertz CT molecular complexity index is 1120. The smallest absolute Gasteiger partial charge is 0.0711 e. The Morgan fingerprint density at radius 3 is 2.50 bits per heavy atom. The van der Waals surface area contributed by atoms with Gasteiger partial charge < -0.3 is 5.32 Å². The second kappa shape index (κ2) is 7.47. The second-order valence-corrected chi connectivity index (χ2v) is 9.07. The van der Waals surface area contributed by atoms with E-state index < -0.39 is 0 Å². The van der Waals surface area contributed by atoms with Gasteiger partial charge in [0.2, 0.25) is 0 Å². The highest BCUT2D eigenvalue weighted by Gasteiger charge is 2.50. The Hall–Kier alpha value is -2.80. The average molecular weight is 396 g/mol. The molecule has 0 aromatic heterocycles. The molecule has 1 aliphatic carbocycles. The van der Waals surface area contributed by atoms with Crippen molar-refractivity contribution >= 4 is 11.3 Å². The summed E-state index contributed by atoms with van der Waals surface area (Å²) < 4.78 is 0. The lowest BCUT2D eigenvalue weighted by Gasteiger charge is -2.42. The zero-order valence-electron chi connectivity index (χ0n) is 19.2. The van der Waals surface area contributed by atoms with Crippen molar-refractivity contribution in [3.63, 3.8) is 0 Å². The Balaban J connectivity index is 2.23. The van der Waals surface area contributed by atoms with E-state index >= 15 is 0 Å². The first kappa shape index (κ1) is 20.5. The summed E-state index contributed by atoms with van der Waals surface area (Å²) in [6.45, 7) is 17.7. The summed E-state index contributed by atoms with van der Waals surface area (Å²) in [6.07, 6.45) is 5.47. The highest BCUT2D eigenvalue weighted by molar-refractivity contribution is 5.90. The van der Waals surface area contributed by atoms with Gasteiger partial charge in [0.15, 0.2) is 0 Å². The van der Waals surface area contributed by atoms with Gasteiger partial charge in [0.1, 0.15) is 0 Å². The van der Waals surface area contributed by atoms with Crippen LogP contribution in [0.5, 0.6) is 0 Å². The third kappa shape index (κ3) is 2.75. The lowest BCUT2D eigenvalue weighted by Crippen LogP contribution is -2.35. The number of benzene rings is 2. The van der Waals surface area contributed by atoms with Crippen LogP contribution in [0.1, 0.15) is 63.3 Å². The van der Waals surface area contributed by atoms with Gasteiger partial charge in [0.25, 0.3) is 0 Å². The number of hydrogen-bond donors (Lipinski definition) is 1. The van der Waals surface area contributed by atoms with Crippen molar-refractivity contribution < 1.29 is 0 Å². The van der Waals surface area contributed by atoms with Crippen molar-refractivity contribution in [1.29, 1.82) is 0 Å². The Morgan fingerprint density at radius 2 is 1.83 bits per heavy atom. The van der Waals surface area contributed by atoms with E-state index in [0.717, 1.165) is 12.1 Å². The zero-order valence-corrected chi connectivity index (χ0v) is 19.2. The first-order chi connectivity index (χ1) is 14.4. The van der Waals surface area contributed by atoms with Crippen molar-refractivity contribution in [3.05, 3.63) is 106 Å². The largest absolute Gasteiger partial charge is 0.355 e. The highest BCUT2D eigenvalue weighted by atomic mass is 14.9. The predicted octanol–water partition coefficient (Wildman–Crippen LogP) is 7.95. The van der Waals surface area contributed by atoms with Crippen LogP contribution in [0.25, 0.3) is 5.57 Å². The van der Waals surface area contributed by atoms with Gasteiger partial charge in [-0.2, -0.15) is 0 Å². The number of fused-ring (bicyclic) bond motifs is 4. The minimum absolute atomic E-state index is 0.289. The first-order valence-electron chi connectivity index (χ1n) is 11.1. The highest BCUT2D eigenvalue weighted by Crippen LogP contribution is 2.60. The van der Waals surface area contributed by atoms with E-state index in [1.54, 1.807) is 0 Å². The number of aryl methyl sites for hydroxylation is 1. The molecule has 0 amide bonds. The van der Waals surface area contributed by atoms with Crippen molar-refractivity contribution in [2.24, 2.45) is 5.92 Å². The molecule has 2 unspecified atom stereocenters. The lowest BCUT2D eigenvalue weighted by molar-refractivity contribution is 0.695. The van der Waals surface area contributed by atoms with Crippen LogP contribution in [-0.2, 0) is 5.41 Å². The van der Waals surface area contributed by atoms with Gasteiger partial charge in [-0.25, -0.2) is 0 Å². The van der Waals surface area contributed by atoms with Crippen LogP contribution in [0.2, 0.25) is 0 Å². The van der Waals surface area contributed by atoms with Crippen molar-refractivity contribution in [1.82, 2.24) is 0 Å². The molecule has 1 heterocycles. The molecule has 1 N–H and O–H groups in total. The summed E-state index contributed by atoms with van der Waals surface area (Å²) >= 11 is 0. The summed E-state index contributed by atoms with van der Waals surface area (Å²) in [7, 11) is 0. The van der Waals surface area contributed by atoms with Gasteiger partial charge in [-0.05, 0) is 85.6 Å². The monoisotopic (exact) mass is 395 g/mol. The summed E-state index contributed by atoms with van der Waals surface area (Å²) in [5.74, 6) is 0.508. The molecule has 0 fully saturated rings. The minimum atomic E-state index is -0.289. The molecule has 1 heteroatoms. The fourth-order valence-electron chi connectivity index (χ4n) is 5.46. The quantitative estimate of drug-likeness (QED) is 0.554. The van der Waals surface area contributed by atoms with E-state index in [1.807, 2.05) is 6.08 Å². The van der Waals surface area contributed by atoms with Crippen LogP contribution in [-0.4, -0.2) is 0 Å². The molecule has 1 aliphatic heterocycles. The van der Waals surface area contributed by atoms with Gasteiger partial charge in [0.05, 0.1) is 5.41 Å². The standard InChI is InChI=1S/C29H33N/c1-8-20(6)28-21(7)29(23-13-11-10-12-22(23)28)24(16-18(3)4)26(9-2)30-27-15-14-19(5)17-25(27)29/h9-17,20,30H,2,8H2,1,3-7H3. The van der Waals surface area contributed by atoms with Gasteiger partial charge in [-0.1, -0.05) is 74.0 Å². The van der Waals surface area contributed by atoms with Crippen molar-refractivity contribution in [2.45, 2.75) is 53.4 Å². The first-order valence-corrected chi connectivity index (χ1v) is 11.1. The third-order valence-corrected chi connectivity index (χ3v) is 6.87. The van der Waals surface area contributed by atoms with Crippen LogP contribution in [0.3, 0.4) is 0 Å². The summed E-state index contributed by atoms with van der Waals surface area (Å²) in [4.78, 5) is 0. The molecule has 0 saturated heterocycles. The minimum Gasteiger partial charge on any atom is -0.355 e. The molecule has 2 aromatic rings. The summed E-state index contributed by atoms with van der Waals surface area (Å²) in [5, 5.41) is 3.68. The zero-order chi connectivity index (χ0) is 21.6. The number of anilines is 1. The number of nitrogens with one attached hydrogen (secondary N) is 1. The molecule has 154 valence electrons. The molecule has 2 atom stereocenters. The summed E-state index contributed by atoms with van der Waals surface area (Å²) in [6, 6.07) is 15.8. The molecule has 1 spiro atoms. The molecule has 0 saturated carbocycles. The van der Waals surface area contributed by atoms with E-state index in [4.69, 9.17) is 0 Å². The second-order valence-electron chi connectivity index (χ2n) is 9.07.